The lowest BCUT2D eigenvalue weighted by Gasteiger charge is -2.24. The molecule has 2 aromatic carbocycles. The van der Waals surface area contributed by atoms with E-state index in [0.29, 0.717) is 5.39 Å². The number of carbonyl (C=O) groups excluding carboxylic acids is 3. The molecule has 0 bridgehead atoms. The lowest BCUT2D eigenvalue weighted by molar-refractivity contribution is -0.138. The molecule has 3 aromatic rings. The first kappa shape index (κ1) is 27.9. The zero-order valence-electron chi connectivity index (χ0n) is 20.1. The number of likely N-dealkylation sites (tertiary alicyclic amines) is 1. The second-order valence-electron chi connectivity index (χ2n) is 8.98. The molecule has 0 saturated carbocycles. The van der Waals surface area contributed by atoms with Crippen molar-refractivity contribution in [3.63, 3.8) is 0 Å². The number of rotatable bonds is 8. The van der Waals surface area contributed by atoms with Crippen molar-refractivity contribution in [3.05, 3.63) is 64.6 Å². The first-order chi connectivity index (χ1) is 17.9. The highest BCUT2D eigenvalue weighted by Gasteiger charge is 2.39. The molecule has 38 heavy (non-hydrogen) atoms. The third-order valence-electron chi connectivity index (χ3n) is 6.53. The number of Topliss-reactive ketones (excluding diaryl/α,β-unsaturated/α-hetero) is 1. The maximum Gasteiger partial charge on any atom is 0.356 e. The first-order valence-electron chi connectivity index (χ1n) is 11.6. The summed E-state index contributed by atoms with van der Waals surface area (Å²) in [6.07, 6.45) is -0.451. The van der Waals surface area contributed by atoms with E-state index < -0.39 is 49.8 Å². The molecule has 0 unspecified atom stereocenters. The number of esters is 1. The van der Waals surface area contributed by atoms with E-state index in [0.717, 1.165) is 12.0 Å². The van der Waals surface area contributed by atoms with Crippen molar-refractivity contribution < 1.29 is 42.3 Å². The Labute approximate surface area is 221 Å². The molecule has 1 aliphatic heterocycles. The van der Waals surface area contributed by atoms with Crippen molar-refractivity contribution in [2.24, 2.45) is 0 Å². The van der Waals surface area contributed by atoms with E-state index in [1.807, 2.05) is 0 Å². The maximum absolute atomic E-state index is 14.4. The molecule has 13 heteroatoms. The van der Waals surface area contributed by atoms with Crippen LogP contribution in [0.2, 0.25) is 5.02 Å². The molecule has 1 fully saturated rings. The van der Waals surface area contributed by atoms with Gasteiger partial charge in [-0.05, 0) is 30.2 Å². The van der Waals surface area contributed by atoms with E-state index in [9.17, 15) is 37.5 Å². The van der Waals surface area contributed by atoms with Crippen molar-refractivity contribution in [3.8, 4) is 0 Å². The molecule has 2 atom stereocenters. The highest BCUT2D eigenvalue weighted by molar-refractivity contribution is 7.60. The third-order valence-corrected chi connectivity index (χ3v) is 7.77. The van der Waals surface area contributed by atoms with Gasteiger partial charge < -0.3 is 24.0 Å². The topological polar surface area (TPSA) is 126 Å². The second-order valence-corrected chi connectivity index (χ2v) is 11.0. The first-order valence-corrected chi connectivity index (χ1v) is 13.6. The van der Waals surface area contributed by atoms with Crippen molar-refractivity contribution in [2.45, 2.75) is 38.0 Å². The van der Waals surface area contributed by atoms with Gasteiger partial charge in [-0.2, -0.15) is 0 Å². The monoisotopic (exact) mass is 568 g/mol. The number of ether oxygens (including phenoxy) is 1. The van der Waals surface area contributed by atoms with E-state index >= 15 is 0 Å². The largest absolute Gasteiger partial charge is 0.465 e. The van der Waals surface area contributed by atoms with Crippen molar-refractivity contribution in [1.82, 2.24) is 9.47 Å². The second kappa shape index (κ2) is 10.9. The predicted molar refractivity (Wildman–Crippen MR) is 135 cm³/mol. The third kappa shape index (κ3) is 5.66. The maximum atomic E-state index is 14.4. The molecule has 2 heterocycles. The summed E-state index contributed by atoms with van der Waals surface area (Å²) in [6, 6.07) is 7.04. The van der Waals surface area contributed by atoms with Gasteiger partial charge in [-0.25, -0.2) is 13.6 Å². The van der Waals surface area contributed by atoms with E-state index in [2.05, 4.69) is 0 Å². The number of amides is 1. The number of halogens is 3. The van der Waals surface area contributed by atoms with Crippen LogP contribution < -0.4 is 5.30 Å². The van der Waals surface area contributed by atoms with Gasteiger partial charge in [-0.15, -0.1) is 0 Å². The number of hydrogen-bond acceptors (Lipinski definition) is 5. The van der Waals surface area contributed by atoms with Gasteiger partial charge in [-0.3, -0.25) is 14.2 Å². The van der Waals surface area contributed by atoms with Crippen LogP contribution in [0.15, 0.2) is 42.6 Å². The van der Waals surface area contributed by atoms with Crippen LogP contribution in [0.3, 0.4) is 0 Å². The smallest absolute Gasteiger partial charge is 0.356 e. The predicted octanol–water partition coefficient (Wildman–Crippen LogP) is 3.16. The summed E-state index contributed by atoms with van der Waals surface area (Å²) in [5, 5.41) is -0.106. The average Bonchev–Trinajstić information content (AvgIpc) is 3.44. The molecule has 4 rings (SSSR count). The van der Waals surface area contributed by atoms with Gasteiger partial charge in [-0.1, -0.05) is 29.8 Å². The van der Waals surface area contributed by atoms with Gasteiger partial charge in [0.25, 0.3) is 0 Å². The van der Waals surface area contributed by atoms with Gasteiger partial charge in [0.05, 0.1) is 41.1 Å². The summed E-state index contributed by atoms with van der Waals surface area (Å²) in [6.45, 7) is -0.755. The van der Waals surface area contributed by atoms with Crippen LogP contribution in [0.1, 0.15) is 28.8 Å². The van der Waals surface area contributed by atoms with Crippen LogP contribution in [-0.2, 0) is 31.9 Å². The minimum Gasteiger partial charge on any atom is -0.465 e. The number of benzene rings is 2. The fourth-order valence-electron chi connectivity index (χ4n) is 4.63. The average molecular weight is 569 g/mol. The van der Waals surface area contributed by atoms with Gasteiger partial charge in [0.2, 0.25) is 5.91 Å². The molecule has 0 radical (unpaired) electrons. The Kier molecular flexibility index (Phi) is 8.04. The van der Waals surface area contributed by atoms with Crippen LogP contribution in [0.5, 0.6) is 0 Å². The molecule has 1 aliphatic rings. The van der Waals surface area contributed by atoms with Crippen molar-refractivity contribution in [1.29, 1.82) is 0 Å². The summed E-state index contributed by atoms with van der Waals surface area (Å²) in [5.74, 6) is -2.43. The van der Waals surface area contributed by atoms with Gasteiger partial charge in [0.15, 0.2) is 5.78 Å². The van der Waals surface area contributed by atoms with Crippen molar-refractivity contribution in [2.75, 3.05) is 13.7 Å². The normalized spacial score (nSPS) is 17.7. The van der Waals surface area contributed by atoms with E-state index in [1.165, 1.54) is 41.1 Å². The van der Waals surface area contributed by atoms with Gasteiger partial charge >= 0.3 is 13.6 Å². The summed E-state index contributed by atoms with van der Waals surface area (Å²) < 4.78 is 46.4. The van der Waals surface area contributed by atoms with Crippen LogP contribution in [0, 0.1) is 5.82 Å². The quantitative estimate of drug-likeness (QED) is 0.316. The number of carbonyl (C=O) groups is 3. The van der Waals surface area contributed by atoms with Crippen LogP contribution in [-0.4, -0.2) is 62.8 Å². The van der Waals surface area contributed by atoms with E-state index in [4.69, 9.17) is 16.3 Å². The highest BCUT2D eigenvalue weighted by atomic mass is 35.5. The molecule has 2 N–H and O–H groups in total. The van der Waals surface area contributed by atoms with E-state index in [-0.39, 0.29) is 52.8 Å². The number of hydrogen-bond donors (Lipinski definition) is 2. The molecule has 1 saturated heterocycles. The molecule has 0 spiro atoms. The molecule has 1 amide bonds. The minimum absolute atomic E-state index is 0.0244. The number of nitrogens with zero attached hydrogens (tertiary/aromatic N) is 2. The van der Waals surface area contributed by atoms with Crippen molar-refractivity contribution >= 4 is 53.1 Å². The Balaban J connectivity index is 1.58. The summed E-state index contributed by atoms with van der Waals surface area (Å²) in [4.78, 5) is 58.7. The molecule has 1 aromatic heterocycles. The number of fused-ring (bicyclic) bond motifs is 1. The van der Waals surface area contributed by atoms with Crippen LogP contribution in [0.25, 0.3) is 10.9 Å². The summed E-state index contributed by atoms with van der Waals surface area (Å²) in [7, 11) is -3.48. The number of aryl methyl sites for hydroxylation is 1. The molecule has 0 aliphatic carbocycles. The van der Waals surface area contributed by atoms with Gasteiger partial charge in [0, 0.05) is 24.4 Å². The fraction of sp³-hybridized carbons (Fsp3) is 0.320. The highest BCUT2D eigenvalue weighted by Crippen LogP contribution is 2.35. The zero-order chi connectivity index (χ0) is 27.8. The molecular formula is C25H24ClF2N2O7P. The molecule has 202 valence electrons. The number of alkyl halides is 1. The SMILES string of the molecule is COC(=O)c1cn(CC(=O)N2C[C@H](F)C[C@H]2C(=O)CCc2cccc(Cl)c2F)c2cc(P(=O)(O)O)ccc12. The summed E-state index contributed by atoms with van der Waals surface area (Å²) in [5.41, 5.74) is 0.469. The number of aromatic nitrogens is 1. The number of methoxy groups -OCH3 is 1. The van der Waals surface area contributed by atoms with Gasteiger partial charge in [0.1, 0.15) is 18.5 Å². The number of ketones is 1. The molecule has 9 nitrogen and oxygen atoms in total. The standard InChI is InChI=1S/C25H24ClF2N2O7P/c1-37-25(33)18-12-29(20-10-16(38(34,35)36)6-7-17(18)20)13-23(32)30-11-15(27)9-21(30)22(31)8-5-14-3-2-4-19(26)24(14)28/h2-4,6-7,10,12,15,21H,5,8-9,11,13H2,1H3,(H2,34,35,36)/t15-,21+/m1/s1. The Morgan fingerprint density at radius 2 is 1.95 bits per heavy atom. The fourth-order valence-corrected chi connectivity index (χ4v) is 5.39. The Morgan fingerprint density at radius 3 is 2.63 bits per heavy atom. The minimum atomic E-state index is -4.64. The Hall–Kier alpha value is -3.11. The summed E-state index contributed by atoms with van der Waals surface area (Å²) >= 11 is 5.79. The molecular weight excluding hydrogens is 545 g/mol. The Bertz CT molecular complexity index is 1470. The van der Waals surface area contributed by atoms with E-state index in [1.54, 1.807) is 6.07 Å². The van der Waals surface area contributed by atoms with Crippen LogP contribution in [0.4, 0.5) is 8.78 Å². The Morgan fingerprint density at radius 1 is 1.21 bits per heavy atom. The lowest BCUT2D eigenvalue weighted by atomic mass is 10.0. The van der Waals surface area contributed by atoms with Crippen LogP contribution >= 0.6 is 19.2 Å². The lowest BCUT2D eigenvalue weighted by Crippen LogP contribution is -2.42. The zero-order valence-corrected chi connectivity index (χ0v) is 21.8.